The highest BCUT2D eigenvalue weighted by molar-refractivity contribution is 5.99. The van der Waals surface area contributed by atoms with Gasteiger partial charge in [-0.2, -0.15) is 0 Å². The van der Waals surface area contributed by atoms with E-state index in [2.05, 4.69) is 36.6 Å². The van der Waals surface area contributed by atoms with Crippen LogP contribution in [0.25, 0.3) is 5.69 Å². The third kappa shape index (κ3) is 3.90. The molecule has 0 saturated heterocycles. The van der Waals surface area contributed by atoms with Gasteiger partial charge in [-0.25, -0.2) is 0 Å². The topological polar surface area (TPSA) is 48.3 Å². The molecule has 2 aliphatic rings. The fourth-order valence-corrected chi connectivity index (χ4v) is 5.43. The van der Waals surface area contributed by atoms with Crippen molar-refractivity contribution in [1.82, 2.24) is 4.57 Å². The highest BCUT2D eigenvalue weighted by Crippen LogP contribution is 2.49. The van der Waals surface area contributed by atoms with E-state index in [1.807, 2.05) is 19.9 Å². The van der Waals surface area contributed by atoms with Gasteiger partial charge in [0.05, 0.1) is 0 Å². The maximum Gasteiger partial charge on any atom is 0.306 e. The molecule has 0 N–H and O–H groups in total. The summed E-state index contributed by atoms with van der Waals surface area (Å²) in [5.74, 6) is 1.62. The van der Waals surface area contributed by atoms with Crippen LogP contribution < -0.4 is 0 Å². The Hall–Kier alpha value is -2.36. The first-order chi connectivity index (χ1) is 13.8. The van der Waals surface area contributed by atoms with Crippen LogP contribution >= 0.6 is 0 Å². The van der Waals surface area contributed by atoms with Crippen LogP contribution in [0, 0.1) is 45.4 Å². The van der Waals surface area contributed by atoms with Crippen molar-refractivity contribution >= 4 is 11.8 Å². The number of esters is 1. The summed E-state index contributed by atoms with van der Waals surface area (Å²) in [4.78, 5) is 25.0. The summed E-state index contributed by atoms with van der Waals surface area (Å²) < 4.78 is 7.47. The standard InChI is InChI=1S/C25H31NO3/c1-15-5-8-22(9-16(15)2)26-17(3)10-23(18(26)4)24(27)14-29-25(28)13-21-12-19-6-7-20(21)11-19/h5,8-10,19-21H,6-7,11-14H2,1-4H3/t19-,20-,21+/m0/s1. The molecule has 0 spiro atoms. The van der Waals surface area contributed by atoms with E-state index >= 15 is 0 Å². The molecule has 0 radical (unpaired) electrons. The average Bonchev–Trinajstić information content (AvgIpc) is 3.37. The maximum atomic E-state index is 12.8. The van der Waals surface area contributed by atoms with Gasteiger partial charge in [-0.15, -0.1) is 0 Å². The van der Waals surface area contributed by atoms with Crippen molar-refractivity contribution in [3.63, 3.8) is 0 Å². The van der Waals surface area contributed by atoms with Crippen LogP contribution in [0.15, 0.2) is 24.3 Å². The van der Waals surface area contributed by atoms with Gasteiger partial charge in [0.25, 0.3) is 0 Å². The molecule has 4 nitrogen and oxygen atoms in total. The second kappa shape index (κ2) is 7.81. The number of carbonyl (C=O) groups excluding carboxylic acids is 2. The minimum atomic E-state index is -0.223. The Bertz CT molecular complexity index is 955. The Balaban J connectivity index is 1.41. The largest absolute Gasteiger partial charge is 0.457 e. The zero-order valence-corrected chi connectivity index (χ0v) is 18.0. The van der Waals surface area contributed by atoms with Gasteiger partial charge in [0.2, 0.25) is 5.78 Å². The molecule has 2 saturated carbocycles. The molecule has 1 heterocycles. The van der Waals surface area contributed by atoms with E-state index in [4.69, 9.17) is 4.74 Å². The molecule has 2 bridgehead atoms. The first-order valence-electron chi connectivity index (χ1n) is 10.8. The zero-order valence-electron chi connectivity index (χ0n) is 18.0. The molecule has 4 heteroatoms. The maximum absolute atomic E-state index is 12.8. The number of hydrogen-bond acceptors (Lipinski definition) is 3. The summed E-state index contributed by atoms with van der Waals surface area (Å²) in [5, 5.41) is 0. The summed E-state index contributed by atoms with van der Waals surface area (Å²) in [6.07, 6.45) is 5.49. The molecule has 29 heavy (non-hydrogen) atoms. The van der Waals surface area contributed by atoms with Crippen molar-refractivity contribution in [3.05, 3.63) is 52.3 Å². The van der Waals surface area contributed by atoms with Crippen molar-refractivity contribution in [2.24, 2.45) is 17.8 Å². The molecule has 3 atom stereocenters. The van der Waals surface area contributed by atoms with Crippen LogP contribution in [0.3, 0.4) is 0 Å². The number of ether oxygens (including phenoxy) is 1. The molecule has 4 rings (SSSR count). The van der Waals surface area contributed by atoms with Gasteiger partial charge in [0.1, 0.15) is 0 Å². The van der Waals surface area contributed by atoms with E-state index in [0.717, 1.165) is 29.4 Å². The second-order valence-electron chi connectivity index (χ2n) is 9.11. The summed E-state index contributed by atoms with van der Waals surface area (Å²) in [6.45, 7) is 7.96. The SMILES string of the molecule is Cc1ccc(-n2c(C)cc(C(=O)COC(=O)C[C@H]3C[C@H]4CC[C@H]3C4)c2C)cc1C. The van der Waals surface area contributed by atoms with E-state index in [0.29, 0.717) is 23.8 Å². The van der Waals surface area contributed by atoms with Gasteiger partial charge in [-0.3, -0.25) is 9.59 Å². The average molecular weight is 394 g/mol. The van der Waals surface area contributed by atoms with Crippen molar-refractivity contribution < 1.29 is 14.3 Å². The number of nitrogens with zero attached hydrogens (tertiary/aromatic N) is 1. The molecule has 2 fully saturated rings. The number of aromatic nitrogens is 1. The van der Waals surface area contributed by atoms with Crippen LogP contribution in [0.1, 0.15) is 65.0 Å². The Labute approximate surface area is 173 Å². The van der Waals surface area contributed by atoms with Crippen LogP contribution in [0.4, 0.5) is 0 Å². The Morgan fingerprint density at radius 2 is 1.83 bits per heavy atom. The van der Waals surface area contributed by atoms with Gasteiger partial charge in [0, 0.05) is 29.1 Å². The van der Waals surface area contributed by atoms with E-state index in [-0.39, 0.29) is 18.4 Å². The molecule has 1 aromatic heterocycles. The van der Waals surface area contributed by atoms with Crippen molar-refractivity contribution in [3.8, 4) is 5.69 Å². The van der Waals surface area contributed by atoms with Crippen LogP contribution in [-0.2, 0) is 9.53 Å². The van der Waals surface area contributed by atoms with Crippen molar-refractivity contribution in [1.29, 1.82) is 0 Å². The third-order valence-corrected chi connectivity index (χ3v) is 7.16. The number of rotatable bonds is 6. The third-order valence-electron chi connectivity index (χ3n) is 7.16. The van der Waals surface area contributed by atoms with Crippen LogP contribution in [0.5, 0.6) is 0 Å². The van der Waals surface area contributed by atoms with Gasteiger partial charge in [-0.05, 0) is 94.0 Å². The molecule has 2 aromatic rings. The number of aryl methyl sites for hydroxylation is 3. The lowest BCUT2D eigenvalue weighted by atomic mass is 9.86. The van der Waals surface area contributed by atoms with E-state index < -0.39 is 0 Å². The van der Waals surface area contributed by atoms with Crippen molar-refractivity contribution in [2.45, 2.75) is 59.8 Å². The molecule has 1 aromatic carbocycles. The lowest BCUT2D eigenvalue weighted by Crippen LogP contribution is -2.20. The molecule has 0 aliphatic heterocycles. The molecule has 154 valence electrons. The van der Waals surface area contributed by atoms with Crippen LogP contribution in [0.2, 0.25) is 0 Å². The number of carbonyl (C=O) groups is 2. The van der Waals surface area contributed by atoms with Gasteiger partial charge < -0.3 is 9.30 Å². The molecule has 2 aliphatic carbocycles. The Kier molecular flexibility index (Phi) is 5.37. The van der Waals surface area contributed by atoms with E-state index in [1.165, 1.54) is 30.4 Å². The minimum Gasteiger partial charge on any atom is -0.457 e. The summed E-state index contributed by atoms with van der Waals surface area (Å²) in [7, 11) is 0. The van der Waals surface area contributed by atoms with Gasteiger partial charge in [-0.1, -0.05) is 12.5 Å². The monoisotopic (exact) mass is 393 g/mol. The Morgan fingerprint density at radius 3 is 2.48 bits per heavy atom. The fraction of sp³-hybridized carbons (Fsp3) is 0.520. The van der Waals surface area contributed by atoms with Gasteiger partial charge >= 0.3 is 5.97 Å². The zero-order chi connectivity index (χ0) is 20.7. The number of ketones is 1. The fourth-order valence-electron chi connectivity index (χ4n) is 5.43. The normalized spacial score (nSPS) is 22.8. The lowest BCUT2D eigenvalue weighted by Gasteiger charge is -2.20. The van der Waals surface area contributed by atoms with Gasteiger partial charge in [0.15, 0.2) is 6.61 Å². The van der Waals surface area contributed by atoms with Crippen molar-refractivity contribution in [2.75, 3.05) is 6.61 Å². The first-order valence-corrected chi connectivity index (χ1v) is 10.8. The van der Waals surface area contributed by atoms with E-state index in [1.54, 1.807) is 0 Å². The Morgan fingerprint density at radius 1 is 1.03 bits per heavy atom. The second-order valence-corrected chi connectivity index (χ2v) is 9.11. The predicted octanol–water partition coefficient (Wildman–Crippen LogP) is 5.26. The minimum absolute atomic E-state index is 0.130. The number of hydrogen-bond donors (Lipinski definition) is 0. The highest BCUT2D eigenvalue weighted by atomic mass is 16.5. The first kappa shape index (κ1) is 19.9. The predicted molar refractivity (Wildman–Crippen MR) is 114 cm³/mol. The number of Topliss-reactive ketones (excluding diaryl/α,β-unsaturated/α-hetero) is 1. The summed E-state index contributed by atoms with van der Waals surface area (Å²) in [5.41, 5.74) is 6.04. The molecule has 0 amide bonds. The van der Waals surface area contributed by atoms with E-state index in [9.17, 15) is 9.59 Å². The van der Waals surface area contributed by atoms with Crippen LogP contribution in [-0.4, -0.2) is 22.9 Å². The summed E-state index contributed by atoms with van der Waals surface area (Å²) >= 11 is 0. The molecular weight excluding hydrogens is 362 g/mol. The summed E-state index contributed by atoms with van der Waals surface area (Å²) in [6, 6.07) is 8.21. The highest BCUT2D eigenvalue weighted by Gasteiger charge is 2.40. The number of fused-ring (bicyclic) bond motifs is 2. The quantitative estimate of drug-likeness (QED) is 0.497. The lowest BCUT2D eigenvalue weighted by molar-refractivity contribution is -0.144. The molecule has 0 unspecified atom stereocenters. The smallest absolute Gasteiger partial charge is 0.306 e. The number of benzene rings is 1. The molecular formula is C25H31NO3.